The minimum atomic E-state index is -3.16. The molecule has 2 N–H and O–H groups in total. The number of aromatic nitrogens is 2. The maximum atomic E-state index is 11.4. The minimum absolute atomic E-state index is 0.197. The van der Waals surface area contributed by atoms with Crippen LogP contribution >= 0.6 is 0 Å². The summed E-state index contributed by atoms with van der Waals surface area (Å²) >= 11 is 0. The molecule has 0 aliphatic heterocycles. The molecule has 16 heavy (non-hydrogen) atoms. The molecule has 1 rings (SSSR count). The van der Waals surface area contributed by atoms with Crippen molar-refractivity contribution in [3.05, 3.63) is 22.7 Å². The molecule has 0 fully saturated rings. The van der Waals surface area contributed by atoms with Crippen LogP contribution in [0.5, 0.6) is 0 Å². The molecule has 0 aromatic carbocycles. The highest BCUT2D eigenvalue weighted by molar-refractivity contribution is 7.92. The van der Waals surface area contributed by atoms with Crippen molar-refractivity contribution >= 4 is 15.7 Å². The Morgan fingerprint density at radius 2 is 2.12 bits per heavy atom. The van der Waals surface area contributed by atoms with E-state index in [1.807, 2.05) is 0 Å². The highest BCUT2D eigenvalue weighted by atomic mass is 32.2. The van der Waals surface area contributed by atoms with Gasteiger partial charge >= 0.3 is 0 Å². The van der Waals surface area contributed by atoms with Crippen LogP contribution in [0.2, 0.25) is 0 Å². The first kappa shape index (κ1) is 12.7. The second-order valence-corrected chi connectivity index (χ2v) is 6.83. The summed E-state index contributed by atoms with van der Waals surface area (Å²) in [6.07, 6.45) is 2.44. The number of anilines is 1. The zero-order valence-corrected chi connectivity index (χ0v) is 10.3. The summed E-state index contributed by atoms with van der Waals surface area (Å²) in [6, 6.07) is 1.28. The Hall–Kier alpha value is -1.37. The van der Waals surface area contributed by atoms with Crippen LogP contribution in [0.4, 0.5) is 5.82 Å². The fourth-order valence-electron chi connectivity index (χ4n) is 0.900. The van der Waals surface area contributed by atoms with Crippen LogP contribution in [-0.2, 0) is 9.84 Å². The summed E-state index contributed by atoms with van der Waals surface area (Å²) < 4.78 is 21.9. The molecule has 0 unspecified atom stereocenters. The third-order valence-electron chi connectivity index (χ3n) is 2.38. The van der Waals surface area contributed by atoms with Gasteiger partial charge in [0.05, 0.1) is 11.1 Å². The average molecular weight is 245 g/mol. The van der Waals surface area contributed by atoms with Crippen LogP contribution in [0.3, 0.4) is 0 Å². The molecule has 0 saturated carbocycles. The van der Waals surface area contributed by atoms with E-state index in [1.165, 1.54) is 18.6 Å². The molecular formula is C9H15N3O3S. The van der Waals surface area contributed by atoms with Crippen molar-refractivity contribution in [2.24, 2.45) is 0 Å². The summed E-state index contributed by atoms with van der Waals surface area (Å²) in [4.78, 5) is 17.2. The van der Waals surface area contributed by atoms with Crippen LogP contribution in [0.25, 0.3) is 0 Å². The molecule has 0 radical (unpaired) electrons. The van der Waals surface area contributed by atoms with Crippen LogP contribution < -0.4 is 10.9 Å². The zero-order chi connectivity index (χ0) is 12.4. The molecule has 0 aliphatic carbocycles. The summed E-state index contributed by atoms with van der Waals surface area (Å²) in [5.74, 6) is 0.362. The van der Waals surface area contributed by atoms with E-state index in [4.69, 9.17) is 0 Å². The van der Waals surface area contributed by atoms with Gasteiger partial charge < -0.3 is 10.3 Å². The van der Waals surface area contributed by atoms with Gasteiger partial charge in [-0.25, -0.2) is 13.4 Å². The lowest BCUT2D eigenvalue weighted by molar-refractivity contribution is 0.559. The van der Waals surface area contributed by atoms with Gasteiger partial charge in [-0.15, -0.1) is 0 Å². The van der Waals surface area contributed by atoms with Crippen LogP contribution in [0.1, 0.15) is 13.8 Å². The van der Waals surface area contributed by atoms with E-state index in [-0.39, 0.29) is 12.1 Å². The van der Waals surface area contributed by atoms with Crippen molar-refractivity contribution in [1.82, 2.24) is 9.97 Å². The van der Waals surface area contributed by atoms with Crippen LogP contribution in [0, 0.1) is 0 Å². The second kappa shape index (κ2) is 4.25. The molecule has 1 aromatic heterocycles. The SMILES string of the molecule is CC(C)(CNc1cc(=O)[nH]cn1)S(C)(=O)=O. The lowest BCUT2D eigenvalue weighted by atomic mass is 10.2. The monoisotopic (exact) mass is 245 g/mol. The maximum absolute atomic E-state index is 11.4. The molecule has 0 saturated heterocycles. The highest BCUT2D eigenvalue weighted by Gasteiger charge is 2.29. The van der Waals surface area contributed by atoms with E-state index >= 15 is 0 Å². The lowest BCUT2D eigenvalue weighted by Crippen LogP contribution is -2.38. The Bertz CT molecular complexity index is 519. The Labute approximate surface area is 94.0 Å². The van der Waals surface area contributed by atoms with Crippen LogP contribution in [-0.4, -0.2) is 35.9 Å². The highest BCUT2D eigenvalue weighted by Crippen LogP contribution is 2.15. The van der Waals surface area contributed by atoms with E-state index in [0.717, 1.165) is 0 Å². The van der Waals surface area contributed by atoms with Gasteiger partial charge in [-0.1, -0.05) is 0 Å². The number of hydrogen-bond acceptors (Lipinski definition) is 5. The van der Waals surface area contributed by atoms with Gasteiger partial charge in [0.1, 0.15) is 5.82 Å². The predicted octanol–water partition coefficient (Wildman–Crippen LogP) is 0.00500. The largest absolute Gasteiger partial charge is 0.368 e. The average Bonchev–Trinajstić information content (AvgIpc) is 2.13. The molecule has 1 aromatic rings. The minimum Gasteiger partial charge on any atom is -0.368 e. The smallest absolute Gasteiger partial charge is 0.252 e. The van der Waals surface area contributed by atoms with Gasteiger partial charge in [0, 0.05) is 18.9 Å². The zero-order valence-electron chi connectivity index (χ0n) is 9.44. The van der Waals surface area contributed by atoms with Gasteiger partial charge in [0.25, 0.3) is 5.56 Å². The van der Waals surface area contributed by atoms with Gasteiger partial charge in [-0.2, -0.15) is 0 Å². The van der Waals surface area contributed by atoms with Gasteiger partial charge in [-0.3, -0.25) is 4.79 Å². The topological polar surface area (TPSA) is 91.9 Å². The number of sulfone groups is 1. The summed E-state index contributed by atoms with van der Waals surface area (Å²) in [5, 5.41) is 2.82. The molecule has 7 heteroatoms. The van der Waals surface area contributed by atoms with E-state index in [9.17, 15) is 13.2 Å². The van der Waals surface area contributed by atoms with Gasteiger partial charge in [0.15, 0.2) is 9.84 Å². The predicted molar refractivity (Wildman–Crippen MR) is 62.3 cm³/mol. The number of nitrogens with zero attached hydrogens (tertiary/aromatic N) is 1. The van der Waals surface area contributed by atoms with Gasteiger partial charge in [0.2, 0.25) is 0 Å². The summed E-state index contributed by atoms with van der Waals surface area (Å²) in [7, 11) is -3.16. The number of rotatable bonds is 4. The molecule has 0 bridgehead atoms. The summed E-state index contributed by atoms with van der Waals surface area (Å²) in [6.45, 7) is 3.42. The van der Waals surface area contributed by atoms with Crippen molar-refractivity contribution in [2.75, 3.05) is 18.1 Å². The normalized spacial score (nSPS) is 12.4. The van der Waals surface area contributed by atoms with Crippen LogP contribution in [0.15, 0.2) is 17.2 Å². The summed E-state index contributed by atoms with van der Waals surface area (Å²) in [5.41, 5.74) is -0.283. The lowest BCUT2D eigenvalue weighted by Gasteiger charge is -2.22. The number of hydrogen-bond donors (Lipinski definition) is 2. The first-order valence-corrected chi connectivity index (χ1v) is 6.60. The number of aromatic amines is 1. The number of H-pyrrole nitrogens is 1. The molecule has 6 nitrogen and oxygen atoms in total. The quantitative estimate of drug-likeness (QED) is 0.779. The standard InChI is InChI=1S/C9H15N3O3S/c1-9(2,16(3,14)15)5-10-7-4-8(13)12-6-11-7/h4,6H,5H2,1-3H3,(H2,10,11,12,13). The van der Waals surface area contributed by atoms with E-state index < -0.39 is 14.6 Å². The first-order chi connectivity index (χ1) is 7.22. The molecule has 1 heterocycles. The fraction of sp³-hybridized carbons (Fsp3) is 0.556. The maximum Gasteiger partial charge on any atom is 0.252 e. The fourth-order valence-corrected chi connectivity index (χ4v) is 1.23. The number of nitrogens with one attached hydrogen (secondary N) is 2. The Morgan fingerprint density at radius 3 is 2.62 bits per heavy atom. The van der Waals surface area contributed by atoms with Crippen molar-refractivity contribution in [1.29, 1.82) is 0 Å². The Morgan fingerprint density at radius 1 is 1.50 bits per heavy atom. The molecule has 0 amide bonds. The molecule has 90 valence electrons. The molecular weight excluding hydrogens is 230 g/mol. The Balaban J connectivity index is 2.76. The molecule has 0 spiro atoms. The molecule has 0 aliphatic rings. The van der Waals surface area contributed by atoms with Crippen molar-refractivity contribution in [3.63, 3.8) is 0 Å². The molecule has 0 atom stereocenters. The van der Waals surface area contributed by atoms with E-state index in [0.29, 0.717) is 5.82 Å². The van der Waals surface area contributed by atoms with Crippen molar-refractivity contribution < 1.29 is 8.42 Å². The Kier molecular flexibility index (Phi) is 3.37. The van der Waals surface area contributed by atoms with E-state index in [2.05, 4.69) is 15.3 Å². The third-order valence-corrected chi connectivity index (χ3v) is 4.53. The van der Waals surface area contributed by atoms with E-state index in [1.54, 1.807) is 13.8 Å². The second-order valence-electron chi connectivity index (χ2n) is 4.18. The van der Waals surface area contributed by atoms with Crippen molar-refractivity contribution in [2.45, 2.75) is 18.6 Å². The van der Waals surface area contributed by atoms with Gasteiger partial charge in [-0.05, 0) is 13.8 Å². The first-order valence-electron chi connectivity index (χ1n) is 4.70. The third kappa shape index (κ3) is 3.06. The van der Waals surface area contributed by atoms with Crippen molar-refractivity contribution in [3.8, 4) is 0 Å².